The molecule has 0 aliphatic carbocycles. The minimum Gasteiger partial charge on any atom is -0.497 e. The van der Waals surface area contributed by atoms with Gasteiger partial charge >= 0.3 is 5.97 Å². The average Bonchev–Trinajstić information content (AvgIpc) is 2.60. The summed E-state index contributed by atoms with van der Waals surface area (Å²) in [5.41, 5.74) is 1.16. The summed E-state index contributed by atoms with van der Waals surface area (Å²) in [5.74, 6) is -0.0975. The van der Waals surface area contributed by atoms with Gasteiger partial charge in [-0.05, 0) is 42.8 Å². The third-order valence-electron chi connectivity index (χ3n) is 3.53. The van der Waals surface area contributed by atoms with Crippen LogP contribution in [0.25, 0.3) is 0 Å². The molecule has 2 rings (SSSR count). The third-order valence-corrected chi connectivity index (χ3v) is 5.31. The Morgan fingerprint density at radius 1 is 1.04 bits per heavy atom. The number of methoxy groups -OCH3 is 2. The monoisotopic (exact) mass is 349 g/mol. The molecular weight excluding hydrogens is 330 g/mol. The van der Waals surface area contributed by atoms with Crippen molar-refractivity contribution in [2.45, 2.75) is 11.8 Å². The Kier molecular flexibility index (Phi) is 5.46. The normalized spacial score (nSPS) is 11.0. The number of carbonyl (C=O) groups excluding carboxylic acids is 1. The van der Waals surface area contributed by atoms with Crippen LogP contribution >= 0.6 is 0 Å². The van der Waals surface area contributed by atoms with Crippen LogP contribution in [0.5, 0.6) is 5.75 Å². The molecule has 0 aliphatic heterocycles. The van der Waals surface area contributed by atoms with Gasteiger partial charge in [0.05, 0.1) is 24.8 Å². The number of hydrogen-bond acceptors (Lipinski definition) is 5. The predicted octanol–water partition coefficient (Wildman–Crippen LogP) is 2.37. The average molecular weight is 349 g/mol. The van der Waals surface area contributed by atoms with Crippen LogP contribution in [0.4, 0.5) is 5.69 Å². The van der Waals surface area contributed by atoms with Crippen molar-refractivity contribution in [3.05, 3.63) is 54.1 Å². The molecule has 6 nitrogen and oxygen atoms in total. The first-order valence-corrected chi connectivity index (χ1v) is 8.63. The largest absolute Gasteiger partial charge is 0.497 e. The Labute approximate surface area is 141 Å². The van der Waals surface area contributed by atoms with Crippen LogP contribution < -0.4 is 9.04 Å². The van der Waals surface area contributed by atoms with Gasteiger partial charge in [-0.2, -0.15) is 0 Å². The first-order valence-electron chi connectivity index (χ1n) is 7.19. The van der Waals surface area contributed by atoms with E-state index in [1.807, 2.05) is 0 Å². The van der Waals surface area contributed by atoms with Crippen LogP contribution in [0.3, 0.4) is 0 Å². The van der Waals surface area contributed by atoms with Gasteiger partial charge in [0.2, 0.25) is 0 Å². The van der Waals surface area contributed by atoms with E-state index in [2.05, 4.69) is 4.74 Å². The van der Waals surface area contributed by atoms with E-state index >= 15 is 0 Å². The molecule has 0 unspecified atom stereocenters. The van der Waals surface area contributed by atoms with Crippen molar-refractivity contribution in [3.8, 4) is 5.75 Å². The lowest BCUT2D eigenvalue weighted by atomic mass is 10.2. The Morgan fingerprint density at radius 3 is 2.21 bits per heavy atom. The topological polar surface area (TPSA) is 72.9 Å². The molecule has 24 heavy (non-hydrogen) atoms. The van der Waals surface area contributed by atoms with Crippen LogP contribution in [0.1, 0.15) is 5.56 Å². The minimum absolute atomic E-state index is 0.0652. The molecule has 7 heteroatoms. The molecular formula is C17H19NO5S. The fourth-order valence-electron chi connectivity index (χ4n) is 2.20. The molecule has 0 heterocycles. The SMILES string of the molecule is COC(=O)CN(c1ccccc1C)S(=O)(=O)c1ccc(OC)cc1. The second-order valence-corrected chi connectivity index (χ2v) is 6.91. The van der Waals surface area contributed by atoms with Crippen molar-refractivity contribution < 1.29 is 22.7 Å². The van der Waals surface area contributed by atoms with Crippen LogP contribution in [0.2, 0.25) is 0 Å². The molecule has 0 spiro atoms. The van der Waals surface area contributed by atoms with Crippen molar-refractivity contribution in [2.75, 3.05) is 25.1 Å². The molecule has 0 amide bonds. The molecule has 2 aromatic carbocycles. The number of esters is 1. The Hall–Kier alpha value is -2.54. The second-order valence-electron chi connectivity index (χ2n) is 5.05. The van der Waals surface area contributed by atoms with E-state index in [0.717, 1.165) is 9.87 Å². The minimum atomic E-state index is -3.93. The zero-order chi connectivity index (χ0) is 17.7. The van der Waals surface area contributed by atoms with Gasteiger partial charge < -0.3 is 9.47 Å². The zero-order valence-corrected chi connectivity index (χ0v) is 14.5. The number of benzene rings is 2. The van der Waals surface area contributed by atoms with Crippen LogP contribution in [-0.2, 0) is 19.6 Å². The summed E-state index contributed by atoms with van der Waals surface area (Å²) >= 11 is 0. The number of hydrogen-bond donors (Lipinski definition) is 0. The summed E-state index contributed by atoms with van der Waals surface area (Å²) in [4.78, 5) is 11.8. The number of para-hydroxylation sites is 1. The highest BCUT2D eigenvalue weighted by Crippen LogP contribution is 2.27. The van der Waals surface area contributed by atoms with E-state index in [1.165, 1.54) is 26.4 Å². The number of nitrogens with zero attached hydrogens (tertiary/aromatic N) is 1. The van der Waals surface area contributed by atoms with Gasteiger partial charge in [0.1, 0.15) is 12.3 Å². The maximum atomic E-state index is 13.0. The summed E-state index contributed by atoms with van der Waals surface area (Å²) < 4.78 is 36.8. The Morgan fingerprint density at radius 2 is 1.67 bits per heavy atom. The highest BCUT2D eigenvalue weighted by molar-refractivity contribution is 7.92. The number of aryl methyl sites for hydroxylation is 1. The van der Waals surface area contributed by atoms with Gasteiger partial charge in [-0.15, -0.1) is 0 Å². The summed E-state index contributed by atoms with van der Waals surface area (Å²) in [6, 6.07) is 12.9. The maximum Gasteiger partial charge on any atom is 0.326 e. The van der Waals surface area contributed by atoms with Gasteiger partial charge in [-0.1, -0.05) is 18.2 Å². The van der Waals surface area contributed by atoms with Gasteiger partial charge in [0.25, 0.3) is 10.0 Å². The van der Waals surface area contributed by atoms with Crippen molar-refractivity contribution >= 4 is 21.7 Å². The van der Waals surface area contributed by atoms with Crippen LogP contribution in [-0.4, -0.2) is 35.2 Å². The summed E-state index contributed by atoms with van der Waals surface area (Å²) in [6.07, 6.45) is 0. The number of anilines is 1. The fraction of sp³-hybridized carbons (Fsp3) is 0.235. The molecule has 0 fully saturated rings. The number of ether oxygens (including phenoxy) is 2. The first-order chi connectivity index (χ1) is 11.4. The van der Waals surface area contributed by atoms with E-state index < -0.39 is 22.5 Å². The fourth-order valence-corrected chi connectivity index (χ4v) is 3.67. The van der Waals surface area contributed by atoms with Crippen molar-refractivity contribution in [2.24, 2.45) is 0 Å². The number of sulfonamides is 1. The van der Waals surface area contributed by atoms with E-state index in [9.17, 15) is 13.2 Å². The smallest absolute Gasteiger partial charge is 0.326 e. The van der Waals surface area contributed by atoms with Crippen LogP contribution in [0, 0.1) is 6.92 Å². The standard InChI is InChI=1S/C17H19NO5S/c1-13-6-4-5-7-16(13)18(12-17(19)23-3)24(20,21)15-10-8-14(22-2)9-11-15/h4-11H,12H2,1-3H3. The molecule has 0 bridgehead atoms. The highest BCUT2D eigenvalue weighted by atomic mass is 32.2. The molecule has 0 aliphatic rings. The number of rotatable bonds is 6. The molecule has 0 radical (unpaired) electrons. The molecule has 0 saturated heterocycles. The molecule has 128 valence electrons. The van der Waals surface area contributed by atoms with Gasteiger partial charge in [0, 0.05) is 0 Å². The highest BCUT2D eigenvalue weighted by Gasteiger charge is 2.28. The molecule has 2 aromatic rings. The van der Waals surface area contributed by atoms with E-state index in [-0.39, 0.29) is 4.90 Å². The molecule has 0 saturated carbocycles. The lowest BCUT2D eigenvalue weighted by Gasteiger charge is -2.25. The van der Waals surface area contributed by atoms with E-state index in [0.29, 0.717) is 11.4 Å². The summed E-state index contributed by atoms with van der Waals surface area (Å²) in [5, 5.41) is 0. The Balaban J connectivity index is 2.52. The maximum absolute atomic E-state index is 13.0. The second kappa shape index (κ2) is 7.35. The Bertz CT molecular complexity index is 815. The quantitative estimate of drug-likeness (QED) is 0.749. The molecule has 0 aromatic heterocycles. The van der Waals surface area contributed by atoms with Crippen LogP contribution in [0.15, 0.2) is 53.4 Å². The predicted molar refractivity (Wildman–Crippen MR) is 90.7 cm³/mol. The first kappa shape index (κ1) is 17.8. The van der Waals surface area contributed by atoms with Crippen molar-refractivity contribution in [3.63, 3.8) is 0 Å². The van der Waals surface area contributed by atoms with E-state index in [4.69, 9.17) is 4.74 Å². The zero-order valence-electron chi connectivity index (χ0n) is 13.7. The van der Waals surface area contributed by atoms with Crippen molar-refractivity contribution in [1.82, 2.24) is 0 Å². The van der Waals surface area contributed by atoms with Gasteiger partial charge in [-0.25, -0.2) is 8.42 Å². The van der Waals surface area contributed by atoms with Gasteiger partial charge in [0.15, 0.2) is 0 Å². The molecule has 0 atom stereocenters. The van der Waals surface area contributed by atoms with E-state index in [1.54, 1.807) is 43.3 Å². The van der Waals surface area contributed by atoms with Crippen molar-refractivity contribution in [1.29, 1.82) is 0 Å². The summed E-state index contributed by atoms with van der Waals surface area (Å²) in [7, 11) is -1.21. The van der Waals surface area contributed by atoms with Gasteiger partial charge in [-0.3, -0.25) is 9.10 Å². The molecule has 0 N–H and O–H groups in total. The lowest BCUT2D eigenvalue weighted by Crippen LogP contribution is -2.36. The lowest BCUT2D eigenvalue weighted by molar-refractivity contribution is -0.138. The third kappa shape index (κ3) is 3.68. The number of carbonyl (C=O) groups is 1. The summed E-state index contributed by atoms with van der Waals surface area (Å²) in [6.45, 7) is 1.37.